The van der Waals surface area contributed by atoms with Crippen molar-refractivity contribution in [2.75, 3.05) is 41.0 Å². The van der Waals surface area contributed by atoms with Crippen LogP contribution in [0.4, 0.5) is 0 Å². The Kier molecular flexibility index (Phi) is 10.1. The van der Waals surface area contributed by atoms with E-state index in [4.69, 9.17) is 19.9 Å². The fourth-order valence-electron chi connectivity index (χ4n) is 3.16. The van der Waals surface area contributed by atoms with E-state index in [-0.39, 0.29) is 24.0 Å². The summed E-state index contributed by atoms with van der Waals surface area (Å²) in [5.74, 6) is 2.00. The molecule has 26 heavy (non-hydrogen) atoms. The molecule has 6 nitrogen and oxygen atoms in total. The summed E-state index contributed by atoms with van der Waals surface area (Å²) in [6.45, 7) is 2.31. The van der Waals surface area contributed by atoms with Crippen molar-refractivity contribution in [1.82, 2.24) is 5.32 Å². The number of nitrogens with zero attached hydrogens (tertiary/aromatic N) is 1. The second-order valence-electron chi connectivity index (χ2n) is 6.66. The van der Waals surface area contributed by atoms with Crippen molar-refractivity contribution in [3.63, 3.8) is 0 Å². The molecule has 1 saturated carbocycles. The van der Waals surface area contributed by atoms with Gasteiger partial charge in [-0.3, -0.25) is 4.99 Å². The molecule has 1 fully saturated rings. The lowest BCUT2D eigenvalue weighted by atomic mass is 9.67. The van der Waals surface area contributed by atoms with Crippen LogP contribution in [0.25, 0.3) is 0 Å². The van der Waals surface area contributed by atoms with Gasteiger partial charge in [-0.15, -0.1) is 24.0 Å². The lowest BCUT2D eigenvalue weighted by molar-refractivity contribution is 0.0779. The Balaban J connectivity index is 0.00000338. The number of hydrogen-bond donors (Lipinski definition) is 2. The molecule has 0 heterocycles. The average molecular weight is 477 g/mol. The van der Waals surface area contributed by atoms with Gasteiger partial charge in [0.05, 0.1) is 14.2 Å². The van der Waals surface area contributed by atoms with E-state index in [2.05, 4.69) is 10.3 Å². The number of nitrogens with one attached hydrogen (secondary N) is 1. The summed E-state index contributed by atoms with van der Waals surface area (Å²) < 4.78 is 15.8. The molecule has 0 amide bonds. The molecular weight excluding hydrogens is 445 g/mol. The molecule has 1 aliphatic carbocycles. The molecule has 1 aliphatic rings. The Bertz CT molecular complexity index is 577. The summed E-state index contributed by atoms with van der Waals surface area (Å²) in [7, 11) is 5.03. The van der Waals surface area contributed by atoms with Gasteiger partial charge in [-0.05, 0) is 48.8 Å². The predicted octanol–water partition coefficient (Wildman–Crippen LogP) is 2.98. The van der Waals surface area contributed by atoms with Crippen molar-refractivity contribution in [2.24, 2.45) is 16.1 Å². The largest absolute Gasteiger partial charge is 0.493 e. The minimum Gasteiger partial charge on any atom is -0.493 e. The van der Waals surface area contributed by atoms with E-state index in [1.165, 1.54) is 19.3 Å². The number of aliphatic imine (C=N–C) groups is 1. The molecule has 0 saturated heterocycles. The topological polar surface area (TPSA) is 78.1 Å². The minimum absolute atomic E-state index is 0. The summed E-state index contributed by atoms with van der Waals surface area (Å²) in [6.07, 6.45) is 5.63. The molecule has 0 aliphatic heterocycles. The molecule has 0 aromatic heterocycles. The molecule has 2 rings (SSSR count). The molecule has 7 heteroatoms. The fourth-order valence-corrected chi connectivity index (χ4v) is 3.16. The van der Waals surface area contributed by atoms with Crippen LogP contribution in [0.15, 0.2) is 23.2 Å². The van der Waals surface area contributed by atoms with Crippen LogP contribution in [-0.4, -0.2) is 47.0 Å². The summed E-state index contributed by atoms with van der Waals surface area (Å²) >= 11 is 0. The first kappa shape index (κ1) is 22.8. The number of methoxy groups -OCH3 is 3. The first-order valence-electron chi connectivity index (χ1n) is 8.86. The number of halogens is 1. The van der Waals surface area contributed by atoms with Crippen molar-refractivity contribution < 1.29 is 14.2 Å². The van der Waals surface area contributed by atoms with E-state index < -0.39 is 0 Å². The number of rotatable bonds is 10. The van der Waals surface area contributed by atoms with Gasteiger partial charge in [0.1, 0.15) is 0 Å². The van der Waals surface area contributed by atoms with Crippen LogP contribution in [-0.2, 0) is 11.2 Å². The maximum atomic E-state index is 6.02. The van der Waals surface area contributed by atoms with Crippen LogP contribution in [0.1, 0.15) is 31.2 Å². The number of ether oxygens (including phenoxy) is 3. The predicted molar refractivity (Wildman–Crippen MR) is 116 cm³/mol. The maximum Gasteiger partial charge on any atom is 0.188 e. The third kappa shape index (κ3) is 6.50. The van der Waals surface area contributed by atoms with Crippen molar-refractivity contribution in [2.45, 2.75) is 32.1 Å². The summed E-state index contributed by atoms with van der Waals surface area (Å²) in [5, 5.41) is 3.20. The highest BCUT2D eigenvalue weighted by atomic mass is 127. The van der Waals surface area contributed by atoms with Crippen molar-refractivity contribution in [1.29, 1.82) is 0 Å². The van der Waals surface area contributed by atoms with E-state index in [1.807, 2.05) is 18.2 Å². The molecule has 0 bridgehead atoms. The van der Waals surface area contributed by atoms with Crippen molar-refractivity contribution in [3.05, 3.63) is 23.8 Å². The number of hydrogen-bond acceptors (Lipinski definition) is 4. The van der Waals surface area contributed by atoms with Gasteiger partial charge in [0.15, 0.2) is 17.5 Å². The lowest BCUT2D eigenvalue weighted by Gasteiger charge is -2.40. The third-order valence-corrected chi connectivity index (χ3v) is 5.00. The Morgan fingerprint density at radius 3 is 2.50 bits per heavy atom. The monoisotopic (exact) mass is 477 g/mol. The van der Waals surface area contributed by atoms with E-state index >= 15 is 0 Å². The van der Waals surface area contributed by atoms with E-state index in [9.17, 15) is 0 Å². The normalized spacial score (nSPS) is 15.6. The van der Waals surface area contributed by atoms with E-state index in [0.717, 1.165) is 49.6 Å². The molecule has 0 atom stereocenters. The Morgan fingerprint density at radius 1 is 1.19 bits per heavy atom. The minimum atomic E-state index is 0. The van der Waals surface area contributed by atoms with Crippen LogP contribution in [0, 0.1) is 5.41 Å². The summed E-state index contributed by atoms with van der Waals surface area (Å²) in [4.78, 5) is 4.55. The van der Waals surface area contributed by atoms with Gasteiger partial charge < -0.3 is 25.3 Å². The SMILES string of the molecule is COCCC1(CN=C(N)NCCc2ccc(OC)c(OC)c2)CCC1.I. The van der Waals surface area contributed by atoms with E-state index in [0.29, 0.717) is 11.4 Å². The van der Waals surface area contributed by atoms with Gasteiger partial charge in [0, 0.05) is 26.8 Å². The first-order valence-corrected chi connectivity index (χ1v) is 8.86. The van der Waals surface area contributed by atoms with Crippen LogP contribution >= 0.6 is 24.0 Å². The molecule has 0 unspecified atom stereocenters. The number of nitrogens with two attached hydrogens (primary N) is 1. The quantitative estimate of drug-likeness (QED) is 0.308. The van der Waals surface area contributed by atoms with Crippen LogP contribution in [0.3, 0.4) is 0 Å². The van der Waals surface area contributed by atoms with Gasteiger partial charge in [-0.25, -0.2) is 0 Å². The zero-order chi connectivity index (χ0) is 18.1. The Hall–Kier alpha value is -1.22. The van der Waals surface area contributed by atoms with Crippen LogP contribution < -0.4 is 20.5 Å². The van der Waals surface area contributed by atoms with Crippen LogP contribution in [0.2, 0.25) is 0 Å². The fraction of sp³-hybridized carbons (Fsp3) is 0.632. The third-order valence-electron chi connectivity index (χ3n) is 5.00. The van der Waals surface area contributed by atoms with Crippen molar-refractivity contribution in [3.8, 4) is 11.5 Å². The second-order valence-corrected chi connectivity index (χ2v) is 6.66. The van der Waals surface area contributed by atoms with Gasteiger partial charge in [-0.2, -0.15) is 0 Å². The molecule has 3 N–H and O–H groups in total. The highest BCUT2D eigenvalue weighted by molar-refractivity contribution is 14.0. The summed E-state index contributed by atoms with van der Waals surface area (Å²) in [5.41, 5.74) is 7.48. The van der Waals surface area contributed by atoms with Gasteiger partial charge in [0.25, 0.3) is 0 Å². The number of benzene rings is 1. The molecule has 0 radical (unpaired) electrons. The highest BCUT2D eigenvalue weighted by Crippen LogP contribution is 2.44. The second kappa shape index (κ2) is 11.5. The first-order chi connectivity index (χ1) is 12.1. The van der Waals surface area contributed by atoms with Crippen molar-refractivity contribution >= 4 is 29.9 Å². The van der Waals surface area contributed by atoms with Crippen LogP contribution in [0.5, 0.6) is 11.5 Å². The molecular formula is C19H32IN3O3. The Morgan fingerprint density at radius 2 is 1.92 bits per heavy atom. The zero-order valence-electron chi connectivity index (χ0n) is 16.0. The van der Waals surface area contributed by atoms with Gasteiger partial charge >= 0.3 is 0 Å². The highest BCUT2D eigenvalue weighted by Gasteiger charge is 2.36. The summed E-state index contributed by atoms with van der Waals surface area (Å²) in [6, 6.07) is 5.94. The zero-order valence-corrected chi connectivity index (χ0v) is 18.4. The van der Waals surface area contributed by atoms with E-state index in [1.54, 1.807) is 21.3 Å². The molecule has 1 aromatic rings. The standard InChI is InChI=1S/C19H31N3O3.HI/c1-23-12-10-19(8-4-9-19)14-22-18(20)21-11-7-15-5-6-16(24-2)17(13-15)25-3;/h5-6,13H,4,7-12,14H2,1-3H3,(H3,20,21,22);1H. The molecule has 1 aromatic carbocycles. The van der Waals surface area contributed by atoms with Gasteiger partial charge in [0.2, 0.25) is 0 Å². The lowest BCUT2D eigenvalue weighted by Crippen LogP contribution is -2.38. The molecule has 0 spiro atoms. The smallest absolute Gasteiger partial charge is 0.188 e. The molecule has 148 valence electrons. The Labute approximate surface area is 173 Å². The average Bonchev–Trinajstić information content (AvgIpc) is 2.60. The number of guanidine groups is 1. The maximum absolute atomic E-state index is 6.02. The van der Waals surface area contributed by atoms with Gasteiger partial charge in [-0.1, -0.05) is 12.5 Å².